The first kappa shape index (κ1) is 14.3. The molecule has 0 heterocycles. The summed E-state index contributed by atoms with van der Waals surface area (Å²) in [5.41, 5.74) is 1.21. The molecule has 0 aromatic heterocycles. The van der Waals surface area contributed by atoms with Gasteiger partial charge in [0.25, 0.3) is 0 Å². The minimum absolute atomic E-state index is 0.879. The molecule has 0 aliphatic rings. The Labute approximate surface area is 126 Å². The fourth-order valence-electron chi connectivity index (χ4n) is 1.64. The van der Waals surface area contributed by atoms with Gasteiger partial charge in [-0.1, -0.05) is 22.0 Å². The van der Waals surface area contributed by atoms with Crippen LogP contribution in [0.4, 0.5) is 0 Å². The molecular weight excluding hydrogens is 324 g/mol. The quantitative estimate of drug-likeness (QED) is 0.732. The lowest BCUT2D eigenvalue weighted by molar-refractivity contribution is 0.413. The number of halogens is 1. The molecule has 2 aromatic rings. The van der Waals surface area contributed by atoms with Gasteiger partial charge in [-0.05, 0) is 42.0 Å². The van der Waals surface area contributed by atoms with Gasteiger partial charge in [0, 0.05) is 15.1 Å². The first-order valence-corrected chi connectivity index (χ1v) is 7.60. The molecule has 0 spiro atoms. The van der Waals surface area contributed by atoms with Crippen LogP contribution in [-0.4, -0.2) is 14.2 Å². The summed E-state index contributed by atoms with van der Waals surface area (Å²) < 4.78 is 11.6. The summed E-state index contributed by atoms with van der Waals surface area (Å²) in [4.78, 5) is 1.19. The van der Waals surface area contributed by atoms with Gasteiger partial charge in [0.05, 0.1) is 14.2 Å². The number of ether oxygens (including phenoxy) is 2. The molecule has 0 aliphatic heterocycles. The molecule has 2 rings (SSSR count). The Morgan fingerprint density at radius 3 is 2.47 bits per heavy atom. The van der Waals surface area contributed by atoms with E-state index in [2.05, 4.69) is 28.1 Å². The van der Waals surface area contributed by atoms with Crippen LogP contribution in [0.1, 0.15) is 5.56 Å². The van der Waals surface area contributed by atoms with Gasteiger partial charge >= 0.3 is 0 Å². The summed E-state index contributed by atoms with van der Waals surface area (Å²) in [6, 6.07) is 14.1. The van der Waals surface area contributed by atoms with Crippen molar-refractivity contribution in [1.82, 2.24) is 0 Å². The predicted octanol–water partition coefficient (Wildman–Crippen LogP) is 4.76. The SMILES string of the molecule is COc1cccc(SCc2cc(OC)ccc2Br)c1. The van der Waals surface area contributed by atoms with Gasteiger partial charge in [-0.3, -0.25) is 0 Å². The van der Waals surface area contributed by atoms with Crippen molar-refractivity contribution in [3.63, 3.8) is 0 Å². The van der Waals surface area contributed by atoms with Crippen LogP contribution in [-0.2, 0) is 5.75 Å². The third-order valence-corrected chi connectivity index (χ3v) is 4.50. The molecule has 0 amide bonds. The zero-order chi connectivity index (χ0) is 13.7. The molecule has 4 heteroatoms. The summed E-state index contributed by atoms with van der Waals surface area (Å²) in [6.07, 6.45) is 0. The molecule has 0 N–H and O–H groups in total. The van der Waals surface area contributed by atoms with Crippen molar-refractivity contribution in [2.75, 3.05) is 14.2 Å². The monoisotopic (exact) mass is 338 g/mol. The fraction of sp³-hybridized carbons (Fsp3) is 0.200. The van der Waals surface area contributed by atoms with Crippen LogP contribution in [0.25, 0.3) is 0 Å². The molecule has 0 saturated heterocycles. The van der Waals surface area contributed by atoms with Gasteiger partial charge in [-0.25, -0.2) is 0 Å². The first-order valence-electron chi connectivity index (χ1n) is 5.82. The van der Waals surface area contributed by atoms with Crippen molar-refractivity contribution < 1.29 is 9.47 Å². The van der Waals surface area contributed by atoms with Crippen LogP contribution in [0.2, 0.25) is 0 Å². The van der Waals surface area contributed by atoms with E-state index in [1.54, 1.807) is 26.0 Å². The zero-order valence-electron chi connectivity index (χ0n) is 10.9. The maximum Gasteiger partial charge on any atom is 0.119 e. The highest BCUT2D eigenvalue weighted by atomic mass is 79.9. The summed E-state index contributed by atoms with van der Waals surface area (Å²) in [7, 11) is 3.37. The third-order valence-electron chi connectivity index (χ3n) is 2.69. The Hall–Kier alpha value is -1.13. The lowest BCUT2D eigenvalue weighted by Crippen LogP contribution is -1.88. The molecule has 0 saturated carbocycles. The molecule has 0 unspecified atom stereocenters. The standard InChI is InChI=1S/C15H15BrO2S/c1-17-12-4-3-5-14(9-12)19-10-11-8-13(18-2)6-7-15(11)16/h3-9H,10H2,1-2H3. The van der Waals surface area contributed by atoms with Gasteiger partial charge < -0.3 is 9.47 Å². The Balaban J connectivity index is 2.09. The number of hydrogen-bond donors (Lipinski definition) is 0. The lowest BCUT2D eigenvalue weighted by atomic mass is 10.2. The normalized spacial score (nSPS) is 10.3. The number of methoxy groups -OCH3 is 2. The van der Waals surface area contributed by atoms with E-state index in [0.717, 1.165) is 21.7 Å². The zero-order valence-corrected chi connectivity index (χ0v) is 13.3. The van der Waals surface area contributed by atoms with Crippen molar-refractivity contribution >= 4 is 27.7 Å². The highest BCUT2D eigenvalue weighted by Gasteiger charge is 2.04. The average Bonchev–Trinajstić information content (AvgIpc) is 2.46. The predicted molar refractivity (Wildman–Crippen MR) is 83.2 cm³/mol. The average molecular weight is 339 g/mol. The first-order chi connectivity index (χ1) is 9.22. The third kappa shape index (κ3) is 3.91. The van der Waals surface area contributed by atoms with Crippen molar-refractivity contribution in [3.8, 4) is 11.5 Å². The molecule has 0 aliphatic carbocycles. The second kappa shape index (κ2) is 6.87. The largest absolute Gasteiger partial charge is 0.497 e. The van der Waals surface area contributed by atoms with E-state index in [1.807, 2.05) is 30.3 Å². The van der Waals surface area contributed by atoms with Crippen LogP contribution >= 0.6 is 27.7 Å². The number of rotatable bonds is 5. The Morgan fingerprint density at radius 2 is 1.74 bits per heavy atom. The van der Waals surface area contributed by atoms with E-state index in [4.69, 9.17) is 9.47 Å². The van der Waals surface area contributed by atoms with Gasteiger partial charge in [-0.2, -0.15) is 0 Å². The fourth-order valence-corrected chi connectivity index (χ4v) is 3.15. The van der Waals surface area contributed by atoms with Crippen molar-refractivity contribution in [1.29, 1.82) is 0 Å². The van der Waals surface area contributed by atoms with Crippen molar-refractivity contribution in [3.05, 3.63) is 52.5 Å². The van der Waals surface area contributed by atoms with Crippen LogP contribution in [0.15, 0.2) is 51.8 Å². The Morgan fingerprint density at radius 1 is 1.00 bits per heavy atom. The molecule has 0 atom stereocenters. The van der Waals surface area contributed by atoms with Crippen molar-refractivity contribution in [2.45, 2.75) is 10.6 Å². The van der Waals surface area contributed by atoms with Crippen LogP contribution in [0.5, 0.6) is 11.5 Å². The maximum atomic E-state index is 5.25. The van der Waals surface area contributed by atoms with Crippen LogP contribution < -0.4 is 9.47 Å². The summed E-state index contributed by atoms with van der Waals surface area (Å²) in [5.74, 6) is 2.64. The second-order valence-corrected chi connectivity index (χ2v) is 5.83. The Bertz CT molecular complexity index is 558. The molecule has 2 aromatic carbocycles. The van der Waals surface area contributed by atoms with E-state index in [-0.39, 0.29) is 0 Å². The lowest BCUT2D eigenvalue weighted by Gasteiger charge is -2.08. The van der Waals surface area contributed by atoms with Gasteiger partial charge in [0.15, 0.2) is 0 Å². The molecule has 19 heavy (non-hydrogen) atoms. The highest BCUT2D eigenvalue weighted by molar-refractivity contribution is 9.10. The van der Waals surface area contributed by atoms with E-state index in [0.29, 0.717) is 0 Å². The molecule has 0 bridgehead atoms. The number of benzene rings is 2. The maximum absolute atomic E-state index is 5.25. The summed E-state index contributed by atoms with van der Waals surface area (Å²) >= 11 is 5.34. The smallest absolute Gasteiger partial charge is 0.119 e. The number of hydrogen-bond acceptors (Lipinski definition) is 3. The molecule has 2 nitrogen and oxygen atoms in total. The molecular formula is C15H15BrO2S. The minimum Gasteiger partial charge on any atom is -0.497 e. The topological polar surface area (TPSA) is 18.5 Å². The molecule has 0 radical (unpaired) electrons. The minimum atomic E-state index is 0.879. The van der Waals surface area contributed by atoms with Gasteiger partial charge in [0.1, 0.15) is 11.5 Å². The van der Waals surface area contributed by atoms with Gasteiger partial charge in [0.2, 0.25) is 0 Å². The Kier molecular flexibility index (Phi) is 5.16. The van der Waals surface area contributed by atoms with Crippen LogP contribution in [0.3, 0.4) is 0 Å². The van der Waals surface area contributed by atoms with Crippen molar-refractivity contribution in [2.24, 2.45) is 0 Å². The highest BCUT2D eigenvalue weighted by Crippen LogP contribution is 2.30. The summed E-state index contributed by atoms with van der Waals surface area (Å²) in [5, 5.41) is 0. The number of thioether (sulfide) groups is 1. The van der Waals surface area contributed by atoms with Gasteiger partial charge in [-0.15, -0.1) is 11.8 Å². The molecule has 100 valence electrons. The van der Waals surface area contributed by atoms with E-state index in [1.165, 1.54) is 10.5 Å². The van der Waals surface area contributed by atoms with E-state index >= 15 is 0 Å². The summed E-state index contributed by atoms with van der Waals surface area (Å²) in [6.45, 7) is 0. The van der Waals surface area contributed by atoms with E-state index in [9.17, 15) is 0 Å². The molecule has 0 fully saturated rings. The second-order valence-electron chi connectivity index (χ2n) is 3.92. The van der Waals surface area contributed by atoms with Crippen LogP contribution in [0, 0.1) is 0 Å². The van der Waals surface area contributed by atoms with E-state index < -0.39 is 0 Å².